The van der Waals surface area contributed by atoms with Crippen LogP contribution < -0.4 is 14.8 Å². The van der Waals surface area contributed by atoms with Crippen LogP contribution in [0.4, 0.5) is 0 Å². The first kappa shape index (κ1) is 19.8. The van der Waals surface area contributed by atoms with Gasteiger partial charge in [-0.3, -0.25) is 4.79 Å². The molecule has 5 nitrogen and oxygen atoms in total. The Labute approximate surface area is 166 Å². The van der Waals surface area contributed by atoms with Crippen LogP contribution in [0, 0.1) is 5.92 Å². The molecule has 0 aliphatic heterocycles. The number of fused-ring (bicyclic) bond motifs is 1. The average Bonchev–Trinajstić information content (AvgIpc) is 3.06. The molecule has 0 saturated carbocycles. The molecule has 1 amide bonds. The van der Waals surface area contributed by atoms with Gasteiger partial charge in [0, 0.05) is 30.2 Å². The second kappa shape index (κ2) is 8.83. The molecule has 5 heteroatoms. The van der Waals surface area contributed by atoms with Crippen molar-refractivity contribution in [2.75, 3.05) is 20.8 Å². The average molecular weight is 380 g/mol. The zero-order chi connectivity index (χ0) is 20.1. The monoisotopic (exact) mass is 380 g/mol. The van der Waals surface area contributed by atoms with E-state index in [1.165, 1.54) is 0 Å². The molecule has 0 saturated heterocycles. The number of carbonyl (C=O) groups is 1. The van der Waals surface area contributed by atoms with Crippen molar-refractivity contribution in [3.63, 3.8) is 0 Å². The number of benzene rings is 2. The summed E-state index contributed by atoms with van der Waals surface area (Å²) >= 11 is 0. The summed E-state index contributed by atoms with van der Waals surface area (Å²) in [4.78, 5) is 12.8. The number of methoxy groups -OCH3 is 2. The van der Waals surface area contributed by atoms with E-state index in [2.05, 4.69) is 29.8 Å². The van der Waals surface area contributed by atoms with Gasteiger partial charge in [0.1, 0.15) is 0 Å². The molecule has 0 fully saturated rings. The maximum absolute atomic E-state index is 12.8. The summed E-state index contributed by atoms with van der Waals surface area (Å²) in [6.07, 6.45) is 2.69. The Morgan fingerprint density at radius 1 is 1.07 bits per heavy atom. The van der Waals surface area contributed by atoms with Crippen molar-refractivity contribution in [2.45, 2.75) is 26.8 Å². The number of hydrogen-bond acceptors (Lipinski definition) is 3. The number of nitrogens with zero attached hydrogens (tertiary/aromatic N) is 1. The number of rotatable bonds is 8. The number of amides is 1. The van der Waals surface area contributed by atoms with E-state index in [0.717, 1.165) is 35.0 Å². The number of hydrogen-bond donors (Lipinski definition) is 1. The lowest BCUT2D eigenvalue weighted by atomic mass is 10.1. The SMILES string of the molecule is COc1ccc(CCNC(=O)c2cn(CC(C)C)c3ccccc23)cc1OC. The van der Waals surface area contributed by atoms with Crippen LogP contribution in [0.25, 0.3) is 10.9 Å². The van der Waals surface area contributed by atoms with Gasteiger partial charge in [-0.05, 0) is 36.1 Å². The highest BCUT2D eigenvalue weighted by Gasteiger charge is 2.15. The topological polar surface area (TPSA) is 52.5 Å². The molecule has 28 heavy (non-hydrogen) atoms. The van der Waals surface area contributed by atoms with Crippen LogP contribution in [0.3, 0.4) is 0 Å². The van der Waals surface area contributed by atoms with Gasteiger partial charge in [0.25, 0.3) is 5.91 Å². The van der Waals surface area contributed by atoms with Crippen molar-refractivity contribution in [3.05, 3.63) is 59.8 Å². The van der Waals surface area contributed by atoms with Gasteiger partial charge in [0.05, 0.1) is 19.8 Å². The lowest BCUT2D eigenvalue weighted by Gasteiger charge is -2.10. The summed E-state index contributed by atoms with van der Waals surface area (Å²) < 4.78 is 12.8. The third kappa shape index (κ3) is 4.30. The molecule has 148 valence electrons. The van der Waals surface area contributed by atoms with Gasteiger partial charge >= 0.3 is 0 Å². The molecule has 0 radical (unpaired) electrons. The first-order chi connectivity index (χ1) is 13.5. The molecule has 0 aliphatic carbocycles. The minimum Gasteiger partial charge on any atom is -0.493 e. The molecular weight excluding hydrogens is 352 g/mol. The van der Waals surface area contributed by atoms with Gasteiger partial charge in [0.15, 0.2) is 11.5 Å². The summed E-state index contributed by atoms with van der Waals surface area (Å²) in [5.74, 6) is 1.87. The molecule has 1 heterocycles. The van der Waals surface area contributed by atoms with E-state index in [1.807, 2.05) is 42.6 Å². The third-order valence-electron chi connectivity index (χ3n) is 4.74. The minimum atomic E-state index is -0.0424. The van der Waals surface area contributed by atoms with Crippen LogP contribution in [-0.2, 0) is 13.0 Å². The Hall–Kier alpha value is -2.95. The molecule has 3 rings (SSSR count). The van der Waals surface area contributed by atoms with Crippen molar-refractivity contribution < 1.29 is 14.3 Å². The van der Waals surface area contributed by atoms with Gasteiger partial charge in [-0.1, -0.05) is 38.1 Å². The van der Waals surface area contributed by atoms with Crippen LogP contribution in [0.2, 0.25) is 0 Å². The van der Waals surface area contributed by atoms with Crippen molar-refractivity contribution >= 4 is 16.8 Å². The Bertz CT molecular complexity index is 960. The molecule has 0 spiro atoms. The van der Waals surface area contributed by atoms with E-state index in [1.54, 1.807) is 14.2 Å². The minimum absolute atomic E-state index is 0.0424. The second-order valence-electron chi connectivity index (χ2n) is 7.30. The Balaban J connectivity index is 1.70. The summed E-state index contributed by atoms with van der Waals surface area (Å²) in [5, 5.41) is 4.04. The summed E-state index contributed by atoms with van der Waals surface area (Å²) in [6, 6.07) is 13.9. The van der Waals surface area contributed by atoms with Gasteiger partial charge in [0.2, 0.25) is 0 Å². The predicted molar refractivity (Wildman–Crippen MR) is 112 cm³/mol. The molecule has 1 N–H and O–H groups in total. The van der Waals surface area contributed by atoms with E-state index in [0.29, 0.717) is 24.0 Å². The van der Waals surface area contributed by atoms with Gasteiger partial charge in [-0.25, -0.2) is 0 Å². The molecule has 2 aromatic carbocycles. The Kier molecular flexibility index (Phi) is 6.24. The first-order valence-electron chi connectivity index (χ1n) is 9.60. The van der Waals surface area contributed by atoms with E-state index in [9.17, 15) is 4.79 Å². The van der Waals surface area contributed by atoms with Crippen molar-refractivity contribution in [1.82, 2.24) is 9.88 Å². The van der Waals surface area contributed by atoms with Gasteiger partial charge in [-0.15, -0.1) is 0 Å². The van der Waals surface area contributed by atoms with Crippen LogP contribution in [0.15, 0.2) is 48.7 Å². The summed E-state index contributed by atoms with van der Waals surface area (Å²) in [6.45, 7) is 5.80. The zero-order valence-corrected chi connectivity index (χ0v) is 17.0. The highest BCUT2D eigenvalue weighted by atomic mass is 16.5. The van der Waals surface area contributed by atoms with E-state index >= 15 is 0 Å². The largest absolute Gasteiger partial charge is 0.493 e. The lowest BCUT2D eigenvalue weighted by molar-refractivity contribution is 0.0955. The summed E-state index contributed by atoms with van der Waals surface area (Å²) in [7, 11) is 3.24. The van der Waals surface area contributed by atoms with Crippen molar-refractivity contribution in [1.29, 1.82) is 0 Å². The molecule has 0 atom stereocenters. The highest BCUT2D eigenvalue weighted by molar-refractivity contribution is 6.07. The Morgan fingerprint density at radius 2 is 1.82 bits per heavy atom. The van der Waals surface area contributed by atoms with Crippen molar-refractivity contribution in [3.8, 4) is 11.5 Å². The van der Waals surface area contributed by atoms with Gasteiger partial charge < -0.3 is 19.4 Å². The number of para-hydroxylation sites is 1. The molecule has 0 bridgehead atoms. The second-order valence-corrected chi connectivity index (χ2v) is 7.30. The van der Waals surface area contributed by atoms with E-state index in [-0.39, 0.29) is 5.91 Å². The number of nitrogens with one attached hydrogen (secondary N) is 1. The fraction of sp³-hybridized carbons (Fsp3) is 0.348. The smallest absolute Gasteiger partial charge is 0.253 e. The molecule has 0 unspecified atom stereocenters. The van der Waals surface area contributed by atoms with Crippen molar-refractivity contribution in [2.24, 2.45) is 5.92 Å². The zero-order valence-electron chi connectivity index (χ0n) is 17.0. The van der Waals surface area contributed by atoms with E-state index in [4.69, 9.17) is 9.47 Å². The third-order valence-corrected chi connectivity index (χ3v) is 4.74. The highest BCUT2D eigenvalue weighted by Crippen LogP contribution is 2.27. The maximum atomic E-state index is 12.8. The number of carbonyl (C=O) groups excluding carboxylic acids is 1. The van der Waals surface area contributed by atoms with Crippen LogP contribution in [-0.4, -0.2) is 31.2 Å². The van der Waals surface area contributed by atoms with E-state index < -0.39 is 0 Å². The number of aromatic nitrogens is 1. The molecule has 1 aromatic heterocycles. The quantitative estimate of drug-likeness (QED) is 0.634. The maximum Gasteiger partial charge on any atom is 0.253 e. The fourth-order valence-corrected chi connectivity index (χ4v) is 3.42. The summed E-state index contributed by atoms with van der Waals surface area (Å²) in [5.41, 5.74) is 2.91. The first-order valence-corrected chi connectivity index (χ1v) is 9.60. The lowest BCUT2D eigenvalue weighted by Crippen LogP contribution is -2.25. The predicted octanol–water partition coefficient (Wildman–Crippen LogP) is 4.29. The molecule has 3 aromatic rings. The number of ether oxygens (including phenoxy) is 2. The van der Waals surface area contributed by atoms with Gasteiger partial charge in [-0.2, -0.15) is 0 Å². The normalized spacial score (nSPS) is 11.0. The standard InChI is InChI=1S/C23H28N2O3/c1-16(2)14-25-15-19(18-7-5-6-8-20(18)25)23(26)24-12-11-17-9-10-21(27-3)22(13-17)28-4/h5-10,13,15-16H,11-12,14H2,1-4H3,(H,24,26). The van der Waals surface area contributed by atoms with Crippen LogP contribution >= 0.6 is 0 Å². The Morgan fingerprint density at radius 3 is 2.54 bits per heavy atom. The molecule has 0 aliphatic rings. The van der Waals surface area contributed by atoms with Crippen LogP contribution in [0.5, 0.6) is 11.5 Å². The van der Waals surface area contributed by atoms with Crippen LogP contribution in [0.1, 0.15) is 29.8 Å². The molecular formula is C23H28N2O3. The fourth-order valence-electron chi connectivity index (χ4n) is 3.42.